The third-order valence-electron chi connectivity index (χ3n) is 3.83. The van der Waals surface area contributed by atoms with E-state index in [2.05, 4.69) is 22.4 Å². The van der Waals surface area contributed by atoms with Crippen molar-refractivity contribution in [2.45, 2.75) is 12.5 Å². The van der Waals surface area contributed by atoms with Crippen molar-refractivity contribution in [3.05, 3.63) is 66.0 Å². The Bertz CT molecular complexity index is 585. The van der Waals surface area contributed by atoms with E-state index in [1.54, 1.807) is 12.4 Å². The Hall–Kier alpha value is -2.20. The molecule has 0 saturated carbocycles. The molecule has 21 heavy (non-hydrogen) atoms. The zero-order valence-electron chi connectivity index (χ0n) is 11.9. The van der Waals surface area contributed by atoms with Crippen LogP contribution in [0.3, 0.4) is 0 Å². The first kappa shape index (κ1) is 13.8. The van der Waals surface area contributed by atoms with Crippen LogP contribution in [0, 0.1) is 0 Å². The largest absolute Gasteiger partial charge is 0.333 e. The van der Waals surface area contributed by atoms with Gasteiger partial charge in [-0.1, -0.05) is 36.4 Å². The predicted octanol–water partition coefficient (Wildman–Crippen LogP) is 1.80. The molecule has 1 aromatic heterocycles. The van der Waals surface area contributed by atoms with Crippen LogP contribution in [0.1, 0.15) is 17.2 Å². The molecule has 2 heterocycles. The smallest absolute Gasteiger partial charge is 0.227 e. The second-order valence-electron chi connectivity index (χ2n) is 5.26. The van der Waals surface area contributed by atoms with Crippen molar-refractivity contribution in [2.75, 3.05) is 19.6 Å². The first-order chi connectivity index (χ1) is 10.3. The van der Waals surface area contributed by atoms with Gasteiger partial charge >= 0.3 is 0 Å². The molecule has 2 aromatic rings. The number of hydrogen-bond donors (Lipinski definition) is 1. The molecule has 1 fully saturated rings. The van der Waals surface area contributed by atoms with Crippen LogP contribution in [0.15, 0.2) is 54.9 Å². The fraction of sp³-hybridized carbons (Fsp3) is 0.294. The highest BCUT2D eigenvalue weighted by molar-refractivity contribution is 5.79. The van der Waals surface area contributed by atoms with Crippen molar-refractivity contribution in [3.63, 3.8) is 0 Å². The molecule has 3 rings (SSSR count). The average Bonchev–Trinajstić information content (AvgIpc) is 2.56. The van der Waals surface area contributed by atoms with Gasteiger partial charge in [-0.05, 0) is 17.2 Å². The van der Waals surface area contributed by atoms with Gasteiger partial charge < -0.3 is 10.2 Å². The van der Waals surface area contributed by atoms with E-state index >= 15 is 0 Å². The van der Waals surface area contributed by atoms with Gasteiger partial charge in [-0.15, -0.1) is 0 Å². The number of carbonyl (C=O) groups is 1. The molecule has 4 heteroatoms. The van der Waals surface area contributed by atoms with E-state index < -0.39 is 0 Å². The van der Waals surface area contributed by atoms with Crippen molar-refractivity contribution >= 4 is 5.91 Å². The van der Waals surface area contributed by atoms with Crippen LogP contribution < -0.4 is 5.32 Å². The minimum Gasteiger partial charge on any atom is -0.333 e. The van der Waals surface area contributed by atoms with E-state index in [-0.39, 0.29) is 11.9 Å². The van der Waals surface area contributed by atoms with Gasteiger partial charge in [-0.2, -0.15) is 0 Å². The highest BCUT2D eigenvalue weighted by Crippen LogP contribution is 2.22. The fourth-order valence-electron chi connectivity index (χ4n) is 2.75. The van der Waals surface area contributed by atoms with Crippen LogP contribution in [0.2, 0.25) is 0 Å². The molecule has 1 atom stereocenters. The van der Waals surface area contributed by atoms with E-state index in [9.17, 15) is 4.79 Å². The van der Waals surface area contributed by atoms with Crippen LogP contribution >= 0.6 is 0 Å². The lowest BCUT2D eigenvalue weighted by atomic mass is 10.0. The van der Waals surface area contributed by atoms with Gasteiger partial charge in [-0.25, -0.2) is 0 Å². The molecule has 0 bridgehead atoms. The molecule has 0 radical (unpaired) electrons. The molecular weight excluding hydrogens is 262 g/mol. The van der Waals surface area contributed by atoms with Crippen LogP contribution in [0.25, 0.3) is 0 Å². The predicted molar refractivity (Wildman–Crippen MR) is 81.7 cm³/mol. The van der Waals surface area contributed by atoms with E-state index in [0.29, 0.717) is 6.42 Å². The van der Waals surface area contributed by atoms with Gasteiger partial charge in [0.15, 0.2) is 0 Å². The van der Waals surface area contributed by atoms with E-state index in [0.717, 1.165) is 25.2 Å². The highest BCUT2D eigenvalue weighted by Gasteiger charge is 2.27. The summed E-state index contributed by atoms with van der Waals surface area (Å²) in [6.45, 7) is 2.41. The molecule has 1 aliphatic heterocycles. The van der Waals surface area contributed by atoms with Crippen molar-refractivity contribution < 1.29 is 4.79 Å². The summed E-state index contributed by atoms with van der Waals surface area (Å²) in [4.78, 5) is 18.7. The standard InChI is InChI=1S/C17H19N3O/c21-17(11-14-5-4-8-18-12-14)20-10-9-19-13-16(20)15-6-2-1-3-7-15/h1-8,12,16,19H,9-11,13H2/t16-/m1/s1. The molecular formula is C17H19N3O. The third kappa shape index (κ3) is 3.28. The summed E-state index contributed by atoms with van der Waals surface area (Å²) in [7, 11) is 0. The van der Waals surface area contributed by atoms with Crippen LogP contribution in [-0.4, -0.2) is 35.4 Å². The number of nitrogens with zero attached hydrogens (tertiary/aromatic N) is 2. The third-order valence-corrected chi connectivity index (χ3v) is 3.83. The minimum atomic E-state index is 0.115. The maximum absolute atomic E-state index is 12.6. The van der Waals surface area contributed by atoms with Gasteiger partial charge in [-0.3, -0.25) is 9.78 Å². The lowest BCUT2D eigenvalue weighted by molar-refractivity contribution is -0.133. The number of benzene rings is 1. The average molecular weight is 281 g/mol. The van der Waals surface area contributed by atoms with Gasteiger partial charge in [0.05, 0.1) is 12.5 Å². The molecule has 0 spiro atoms. The summed E-state index contributed by atoms with van der Waals surface area (Å²) >= 11 is 0. The molecule has 0 aliphatic carbocycles. The molecule has 1 N–H and O–H groups in total. The number of aromatic nitrogens is 1. The Morgan fingerprint density at radius 3 is 2.86 bits per heavy atom. The summed E-state index contributed by atoms with van der Waals surface area (Å²) < 4.78 is 0. The molecule has 108 valence electrons. The molecule has 1 amide bonds. The maximum Gasteiger partial charge on any atom is 0.227 e. The number of piperazine rings is 1. The van der Waals surface area contributed by atoms with Crippen molar-refractivity contribution in [1.82, 2.24) is 15.2 Å². The first-order valence-electron chi connectivity index (χ1n) is 7.28. The Morgan fingerprint density at radius 1 is 1.24 bits per heavy atom. The van der Waals surface area contributed by atoms with E-state index in [4.69, 9.17) is 0 Å². The van der Waals surface area contributed by atoms with Crippen molar-refractivity contribution in [3.8, 4) is 0 Å². The normalized spacial score (nSPS) is 18.5. The number of pyridine rings is 1. The lowest BCUT2D eigenvalue weighted by Gasteiger charge is -2.36. The summed E-state index contributed by atoms with van der Waals surface area (Å²) in [5, 5.41) is 3.38. The monoisotopic (exact) mass is 281 g/mol. The van der Waals surface area contributed by atoms with Gasteiger partial charge in [0.1, 0.15) is 0 Å². The summed E-state index contributed by atoms with van der Waals surface area (Å²) in [6.07, 6.45) is 3.90. The topological polar surface area (TPSA) is 45.2 Å². The fourth-order valence-corrected chi connectivity index (χ4v) is 2.75. The quantitative estimate of drug-likeness (QED) is 0.933. The van der Waals surface area contributed by atoms with Crippen LogP contribution in [-0.2, 0) is 11.2 Å². The van der Waals surface area contributed by atoms with Crippen molar-refractivity contribution in [1.29, 1.82) is 0 Å². The first-order valence-corrected chi connectivity index (χ1v) is 7.28. The molecule has 1 saturated heterocycles. The number of carbonyl (C=O) groups excluding carboxylic acids is 1. The molecule has 4 nitrogen and oxygen atoms in total. The number of rotatable bonds is 3. The Morgan fingerprint density at radius 2 is 2.10 bits per heavy atom. The Labute approximate surface area is 124 Å². The Kier molecular flexibility index (Phi) is 4.26. The maximum atomic E-state index is 12.6. The van der Waals surface area contributed by atoms with Crippen LogP contribution in [0.4, 0.5) is 0 Å². The SMILES string of the molecule is O=C(Cc1cccnc1)N1CCNC[C@@H]1c1ccccc1. The van der Waals surface area contributed by atoms with Gasteiger partial charge in [0, 0.05) is 32.0 Å². The van der Waals surface area contributed by atoms with Gasteiger partial charge in [0.25, 0.3) is 0 Å². The number of amides is 1. The second-order valence-corrected chi connectivity index (χ2v) is 5.26. The highest BCUT2D eigenvalue weighted by atomic mass is 16.2. The number of hydrogen-bond acceptors (Lipinski definition) is 3. The zero-order valence-corrected chi connectivity index (χ0v) is 11.9. The molecule has 1 aliphatic rings. The lowest BCUT2D eigenvalue weighted by Crippen LogP contribution is -2.49. The second kappa shape index (κ2) is 6.50. The zero-order chi connectivity index (χ0) is 14.5. The Balaban J connectivity index is 1.76. The summed E-state index contributed by atoms with van der Waals surface area (Å²) in [6, 6.07) is 14.1. The van der Waals surface area contributed by atoms with Gasteiger partial charge in [0.2, 0.25) is 5.91 Å². The van der Waals surface area contributed by atoms with E-state index in [1.807, 2.05) is 35.2 Å². The molecule has 1 aromatic carbocycles. The van der Waals surface area contributed by atoms with Crippen LogP contribution in [0.5, 0.6) is 0 Å². The molecule has 0 unspecified atom stereocenters. The number of nitrogens with one attached hydrogen (secondary N) is 1. The van der Waals surface area contributed by atoms with Crippen molar-refractivity contribution in [2.24, 2.45) is 0 Å². The summed E-state index contributed by atoms with van der Waals surface area (Å²) in [5.74, 6) is 0.165. The summed E-state index contributed by atoms with van der Waals surface area (Å²) in [5.41, 5.74) is 2.15. The van der Waals surface area contributed by atoms with E-state index in [1.165, 1.54) is 5.56 Å². The minimum absolute atomic E-state index is 0.115.